The minimum atomic E-state index is -0.225. The van der Waals surface area contributed by atoms with Crippen molar-refractivity contribution >= 4 is 11.6 Å². The van der Waals surface area contributed by atoms with E-state index in [1.807, 2.05) is 38.1 Å². The normalized spacial score (nSPS) is 17.6. The number of amides is 1. The number of ether oxygens (including phenoxy) is 1. The van der Waals surface area contributed by atoms with E-state index in [1.165, 1.54) is 12.8 Å². The Labute approximate surface area is 114 Å². The van der Waals surface area contributed by atoms with Gasteiger partial charge in [-0.3, -0.25) is 4.79 Å². The first-order valence-electron chi connectivity index (χ1n) is 6.86. The number of carbonyl (C=O) groups excluding carboxylic acids is 1. The number of benzene rings is 1. The highest BCUT2D eigenvalue weighted by molar-refractivity contribution is 5.94. The van der Waals surface area contributed by atoms with Crippen molar-refractivity contribution in [2.24, 2.45) is 17.6 Å². The van der Waals surface area contributed by atoms with Crippen LogP contribution in [0.1, 0.15) is 26.7 Å². The predicted octanol–water partition coefficient (Wildman–Crippen LogP) is 2.40. The summed E-state index contributed by atoms with van der Waals surface area (Å²) in [5.74, 6) is 1.13. The van der Waals surface area contributed by atoms with Gasteiger partial charge in [0.1, 0.15) is 5.75 Å². The van der Waals surface area contributed by atoms with Crippen molar-refractivity contribution < 1.29 is 9.53 Å². The van der Waals surface area contributed by atoms with Gasteiger partial charge >= 0.3 is 0 Å². The SMILES string of the molecule is CC(N)C(C)C(=O)Nc1ccccc1OCC1CC1. The average Bonchev–Trinajstić information content (AvgIpc) is 3.20. The molecule has 1 aliphatic rings. The maximum Gasteiger partial charge on any atom is 0.228 e. The molecule has 0 radical (unpaired) electrons. The van der Waals surface area contributed by atoms with Crippen molar-refractivity contribution in [1.29, 1.82) is 0 Å². The molecular weight excluding hydrogens is 240 g/mol. The van der Waals surface area contributed by atoms with E-state index in [1.54, 1.807) is 0 Å². The Kier molecular flexibility index (Phi) is 4.43. The van der Waals surface area contributed by atoms with Gasteiger partial charge in [0.25, 0.3) is 0 Å². The van der Waals surface area contributed by atoms with Gasteiger partial charge < -0.3 is 15.8 Å². The molecular formula is C15H22N2O2. The van der Waals surface area contributed by atoms with E-state index in [2.05, 4.69) is 5.32 Å². The highest BCUT2D eigenvalue weighted by atomic mass is 16.5. The zero-order chi connectivity index (χ0) is 13.8. The zero-order valence-electron chi connectivity index (χ0n) is 11.6. The quantitative estimate of drug-likeness (QED) is 0.827. The zero-order valence-corrected chi connectivity index (χ0v) is 11.6. The second-order valence-electron chi connectivity index (χ2n) is 5.39. The number of carbonyl (C=O) groups is 1. The second kappa shape index (κ2) is 6.06. The molecule has 0 heterocycles. The lowest BCUT2D eigenvalue weighted by Crippen LogP contribution is -2.34. The smallest absolute Gasteiger partial charge is 0.228 e. The van der Waals surface area contributed by atoms with Gasteiger partial charge in [-0.25, -0.2) is 0 Å². The van der Waals surface area contributed by atoms with Crippen molar-refractivity contribution in [1.82, 2.24) is 0 Å². The Balaban J connectivity index is 1.99. The molecule has 0 aliphatic heterocycles. The van der Waals surface area contributed by atoms with Crippen LogP contribution in [0.15, 0.2) is 24.3 Å². The number of anilines is 1. The first-order valence-corrected chi connectivity index (χ1v) is 6.86. The molecule has 1 aromatic carbocycles. The van der Waals surface area contributed by atoms with E-state index in [9.17, 15) is 4.79 Å². The molecule has 1 fully saturated rings. The average molecular weight is 262 g/mol. The molecule has 1 aromatic rings. The summed E-state index contributed by atoms with van der Waals surface area (Å²) in [6, 6.07) is 7.37. The van der Waals surface area contributed by atoms with Crippen LogP contribution in [0.5, 0.6) is 5.75 Å². The van der Waals surface area contributed by atoms with Crippen LogP contribution in [0.25, 0.3) is 0 Å². The molecule has 2 unspecified atom stereocenters. The van der Waals surface area contributed by atoms with Gasteiger partial charge in [-0.15, -0.1) is 0 Å². The molecule has 2 atom stereocenters. The predicted molar refractivity (Wildman–Crippen MR) is 76.1 cm³/mol. The van der Waals surface area contributed by atoms with Crippen molar-refractivity contribution in [3.8, 4) is 5.75 Å². The van der Waals surface area contributed by atoms with Crippen LogP contribution < -0.4 is 15.8 Å². The fraction of sp³-hybridized carbons (Fsp3) is 0.533. The van der Waals surface area contributed by atoms with Crippen molar-refractivity contribution in [2.45, 2.75) is 32.7 Å². The summed E-state index contributed by atoms with van der Waals surface area (Å²) in [7, 11) is 0. The van der Waals surface area contributed by atoms with E-state index in [0.717, 1.165) is 18.0 Å². The summed E-state index contributed by atoms with van der Waals surface area (Å²) in [6.07, 6.45) is 2.49. The molecule has 1 amide bonds. The lowest BCUT2D eigenvalue weighted by atomic mass is 10.0. The van der Waals surface area contributed by atoms with Gasteiger partial charge in [0.2, 0.25) is 5.91 Å². The Morgan fingerprint density at radius 2 is 2.11 bits per heavy atom. The van der Waals surface area contributed by atoms with E-state index in [-0.39, 0.29) is 17.9 Å². The lowest BCUT2D eigenvalue weighted by molar-refractivity contribution is -0.119. The number of nitrogens with one attached hydrogen (secondary N) is 1. The Bertz CT molecular complexity index is 442. The molecule has 19 heavy (non-hydrogen) atoms. The van der Waals surface area contributed by atoms with Crippen LogP contribution in [0, 0.1) is 11.8 Å². The topological polar surface area (TPSA) is 64.4 Å². The standard InChI is InChI=1S/C15H22N2O2/c1-10(11(2)16)15(18)17-13-5-3-4-6-14(13)19-9-12-7-8-12/h3-6,10-12H,7-9,16H2,1-2H3,(H,17,18). The first kappa shape index (κ1) is 13.9. The van der Waals surface area contributed by atoms with Gasteiger partial charge in [-0.1, -0.05) is 19.1 Å². The molecule has 4 heteroatoms. The second-order valence-corrected chi connectivity index (χ2v) is 5.39. The molecule has 0 aromatic heterocycles. The third-order valence-electron chi connectivity index (χ3n) is 3.52. The van der Waals surface area contributed by atoms with Crippen molar-refractivity contribution in [3.63, 3.8) is 0 Å². The Morgan fingerprint density at radius 1 is 1.42 bits per heavy atom. The number of hydrogen-bond donors (Lipinski definition) is 2. The fourth-order valence-corrected chi connectivity index (χ4v) is 1.67. The minimum absolute atomic E-state index is 0.0718. The molecule has 0 spiro atoms. The van der Waals surface area contributed by atoms with Gasteiger partial charge in [0.15, 0.2) is 0 Å². The van der Waals surface area contributed by atoms with Gasteiger partial charge in [0, 0.05) is 6.04 Å². The van der Waals surface area contributed by atoms with Crippen LogP contribution in [0.2, 0.25) is 0 Å². The summed E-state index contributed by atoms with van der Waals surface area (Å²) < 4.78 is 5.76. The third kappa shape index (κ3) is 3.96. The largest absolute Gasteiger partial charge is 0.491 e. The van der Waals surface area contributed by atoms with Crippen LogP contribution in [0.3, 0.4) is 0 Å². The Morgan fingerprint density at radius 3 is 2.74 bits per heavy atom. The number of nitrogens with two attached hydrogens (primary N) is 1. The summed E-state index contributed by atoms with van der Waals surface area (Å²) >= 11 is 0. The highest BCUT2D eigenvalue weighted by Gasteiger charge is 2.23. The van der Waals surface area contributed by atoms with Gasteiger partial charge in [-0.05, 0) is 37.8 Å². The van der Waals surface area contributed by atoms with E-state index in [0.29, 0.717) is 5.92 Å². The van der Waals surface area contributed by atoms with Gasteiger partial charge in [-0.2, -0.15) is 0 Å². The molecule has 0 bridgehead atoms. The van der Waals surface area contributed by atoms with Crippen LogP contribution in [-0.4, -0.2) is 18.6 Å². The third-order valence-corrected chi connectivity index (χ3v) is 3.52. The van der Waals surface area contributed by atoms with Crippen LogP contribution >= 0.6 is 0 Å². The molecule has 104 valence electrons. The highest BCUT2D eigenvalue weighted by Crippen LogP contribution is 2.31. The van der Waals surface area contributed by atoms with Crippen LogP contribution in [0.4, 0.5) is 5.69 Å². The number of rotatable bonds is 6. The monoisotopic (exact) mass is 262 g/mol. The molecule has 1 saturated carbocycles. The number of hydrogen-bond acceptors (Lipinski definition) is 3. The number of para-hydroxylation sites is 2. The molecule has 2 rings (SSSR count). The minimum Gasteiger partial charge on any atom is -0.491 e. The van der Waals surface area contributed by atoms with E-state index in [4.69, 9.17) is 10.5 Å². The van der Waals surface area contributed by atoms with E-state index < -0.39 is 0 Å². The van der Waals surface area contributed by atoms with Gasteiger partial charge in [0.05, 0.1) is 18.2 Å². The molecule has 0 saturated heterocycles. The van der Waals surface area contributed by atoms with Crippen LogP contribution in [-0.2, 0) is 4.79 Å². The molecule has 3 N–H and O–H groups in total. The summed E-state index contributed by atoms with van der Waals surface area (Å²) in [6.45, 7) is 4.39. The molecule has 1 aliphatic carbocycles. The van der Waals surface area contributed by atoms with Crippen molar-refractivity contribution in [3.05, 3.63) is 24.3 Å². The Hall–Kier alpha value is -1.55. The summed E-state index contributed by atoms with van der Waals surface area (Å²) in [5.41, 5.74) is 6.47. The maximum absolute atomic E-state index is 12.0. The lowest BCUT2D eigenvalue weighted by Gasteiger charge is -2.17. The summed E-state index contributed by atoms with van der Waals surface area (Å²) in [5, 5.41) is 2.89. The van der Waals surface area contributed by atoms with E-state index >= 15 is 0 Å². The van der Waals surface area contributed by atoms with Crippen molar-refractivity contribution in [2.75, 3.05) is 11.9 Å². The molecule has 4 nitrogen and oxygen atoms in total. The maximum atomic E-state index is 12.0. The first-order chi connectivity index (χ1) is 9.08. The fourth-order valence-electron chi connectivity index (χ4n) is 1.67. The summed E-state index contributed by atoms with van der Waals surface area (Å²) in [4.78, 5) is 12.0.